The van der Waals surface area contributed by atoms with Gasteiger partial charge in [-0.05, 0) is 94.4 Å². The van der Waals surface area contributed by atoms with Gasteiger partial charge in [0.1, 0.15) is 0 Å². The summed E-state index contributed by atoms with van der Waals surface area (Å²) >= 11 is 0. The first-order chi connectivity index (χ1) is 25.7. The van der Waals surface area contributed by atoms with Gasteiger partial charge in [0.2, 0.25) is 0 Å². The Hall–Kier alpha value is -7.40. The molecule has 4 nitrogen and oxygen atoms in total. The van der Waals surface area contributed by atoms with Gasteiger partial charge in [-0.1, -0.05) is 115 Å². The number of hydrogen-bond donors (Lipinski definition) is 0. The number of benzene rings is 7. The highest BCUT2D eigenvalue weighted by molar-refractivity contribution is 6.11. The van der Waals surface area contributed by atoms with E-state index in [9.17, 15) is 5.26 Å². The molecular weight excluding hydrogens is 633 g/mol. The van der Waals surface area contributed by atoms with Crippen LogP contribution in [0.3, 0.4) is 0 Å². The highest BCUT2D eigenvalue weighted by Crippen LogP contribution is 2.35. The Morgan fingerprint density at radius 2 is 0.846 bits per heavy atom. The summed E-state index contributed by atoms with van der Waals surface area (Å²) in [4.78, 5) is 3.64. The molecule has 0 radical (unpaired) electrons. The van der Waals surface area contributed by atoms with Gasteiger partial charge in [-0.2, -0.15) is 5.26 Å². The van der Waals surface area contributed by atoms with Crippen LogP contribution in [0.25, 0.3) is 84.1 Å². The van der Waals surface area contributed by atoms with Crippen LogP contribution in [0.1, 0.15) is 27.8 Å². The van der Waals surface area contributed by atoms with Gasteiger partial charge in [0.05, 0.1) is 40.3 Å². The quantitative estimate of drug-likeness (QED) is 0.129. The Kier molecular flexibility index (Phi) is 7.55. The second-order valence-electron chi connectivity index (χ2n) is 12.9. The molecule has 0 saturated heterocycles. The van der Waals surface area contributed by atoms with Crippen molar-refractivity contribution in [3.8, 4) is 17.4 Å². The zero-order valence-corrected chi connectivity index (χ0v) is 28.1. The number of rotatable bonds is 6. The van der Waals surface area contributed by atoms with E-state index in [-0.39, 0.29) is 0 Å². The lowest BCUT2D eigenvalue weighted by Crippen LogP contribution is -1.93. The predicted molar refractivity (Wildman–Crippen MR) is 217 cm³/mol. The van der Waals surface area contributed by atoms with E-state index >= 15 is 0 Å². The summed E-state index contributed by atoms with van der Waals surface area (Å²) in [5.74, 6) is 0. The fourth-order valence-corrected chi connectivity index (χ4v) is 7.20. The molecule has 0 aliphatic rings. The highest BCUT2D eigenvalue weighted by atomic mass is 15.0. The van der Waals surface area contributed by atoms with Gasteiger partial charge in [-0.25, -0.2) is 4.85 Å². The van der Waals surface area contributed by atoms with E-state index in [2.05, 4.69) is 160 Å². The van der Waals surface area contributed by atoms with E-state index in [4.69, 9.17) is 6.57 Å². The SMILES string of the molecule is [C-]#[N+]c1ccc2c(c1)c1ccccc1n2-c1ccc(/C=C/c2ccc(/C=C/c3ccc(-n4c5ccccc5c5cc(C#N)ccc54)cc3)cc2)cc1. The first-order valence-corrected chi connectivity index (χ1v) is 17.2. The summed E-state index contributed by atoms with van der Waals surface area (Å²) < 4.78 is 4.53. The van der Waals surface area contributed by atoms with Crippen LogP contribution in [0.2, 0.25) is 0 Å². The van der Waals surface area contributed by atoms with E-state index < -0.39 is 0 Å². The van der Waals surface area contributed by atoms with Crippen LogP contribution in [0.15, 0.2) is 158 Å². The number of para-hydroxylation sites is 2. The van der Waals surface area contributed by atoms with Crippen molar-refractivity contribution >= 4 is 73.6 Å². The van der Waals surface area contributed by atoms with E-state index in [1.54, 1.807) is 0 Å². The molecule has 242 valence electrons. The zero-order valence-electron chi connectivity index (χ0n) is 28.1. The molecule has 0 aliphatic heterocycles. The monoisotopic (exact) mass is 662 g/mol. The topological polar surface area (TPSA) is 38.0 Å². The van der Waals surface area contributed by atoms with Crippen molar-refractivity contribution in [1.82, 2.24) is 9.13 Å². The highest BCUT2D eigenvalue weighted by Gasteiger charge is 2.14. The molecule has 0 atom stereocenters. The molecule has 0 unspecified atom stereocenters. The Morgan fingerprint density at radius 3 is 1.31 bits per heavy atom. The van der Waals surface area contributed by atoms with Gasteiger partial charge in [-0.3, -0.25) is 0 Å². The van der Waals surface area contributed by atoms with E-state index in [1.807, 2.05) is 42.5 Å². The number of fused-ring (bicyclic) bond motifs is 6. The number of aromatic nitrogens is 2. The largest absolute Gasteiger partial charge is 0.309 e. The molecular formula is C48H30N4. The van der Waals surface area contributed by atoms with Gasteiger partial charge in [0, 0.05) is 27.5 Å². The second-order valence-corrected chi connectivity index (χ2v) is 12.9. The summed E-state index contributed by atoms with van der Waals surface area (Å²) in [6.07, 6.45) is 8.57. The normalized spacial score (nSPS) is 11.7. The standard InChI is InChI=1S/C48H30N4/c1-50-38-23-29-48-44(31-38)42-7-3-5-9-46(42)52(48)40-26-20-36(21-27-40)17-15-34-12-10-33(11-13-34)14-16-35-18-24-39(25-19-35)51-45-8-4-2-6-41(45)43-30-37(32-49)22-28-47(43)51/h2-31H/b16-14+,17-15+. The van der Waals surface area contributed by atoms with Crippen molar-refractivity contribution in [2.24, 2.45) is 0 Å². The van der Waals surface area contributed by atoms with Gasteiger partial charge >= 0.3 is 0 Å². The molecule has 0 spiro atoms. The lowest BCUT2D eigenvalue weighted by atomic mass is 10.1. The Balaban J connectivity index is 0.905. The fourth-order valence-electron chi connectivity index (χ4n) is 7.20. The molecule has 0 fully saturated rings. The molecule has 2 heterocycles. The first-order valence-electron chi connectivity index (χ1n) is 17.2. The van der Waals surface area contributed by atoms with Crippen molar-refractivity contribution in [2.45, 2.75) is 0 Å². The van der Waals surface area contributed by atoms with Gasteiger partial charge < -0.3 is 9.13 Å². The average Bonchev–Trinajstić information content (AvgIpc) is 3.72. The van der Waals surface area contributed by atoms with Crippen LogP contribution in [-0.4, -0.2) is 9.13 Å². The predicted octanol–water partition coefficient (Wildman–Crippen LogP) is 12.6. The lowest BCUT2D eigenvalue weighted by Gasteiger charge is -2.08. The molecule has 9 aromatic rings. The number of nitriles is 1. The third kappa shape index (κ3) is 5.42. The van der Waals surface area contributed by atoms with Crippen LogP contribution in [0, 0.1) is 17.9 Å². The van der Waals surface area contributed by atoms with Crippen LogP contribution in [-0.2, 0) is 0 Å². The van der Waals surface area contributed by atoms with Crippen LogP contribution in [0.4, 0.5) is 5.69 Å². The Labute approximate surface area is 301 Å². The van der Waals surface area contributed by atoms with Crippen molar-refractivity contribution in [3.05, 3.63) is 197 Å². The summed E-state index contributed by atoms with van der Waals surface area (Å²) in [6, 6.07) is 56.6. The van der Waals surface area contributed by atoms with E-state index in [1.165, 1.54) is 0 Å². The average molecular weight is 663 g/mol. The molecule has 0 amide bonds. The molecule has 9 rings (SSSR count). The van der Waals surface area contributed by atoms with Gasteiger partial charge in [-0.15, -0.1) is 0 Å². The molecule has 0 bridgehead atoms. The smallest absolute Gasteiger partial charge is 0.188 e. The Bertz CT molecular complexity index is 2740. The zero-order chi connectivity index (χ0) is 35.0. The maximum absolute atomic E-state index is 9.45. The van der Waals surface area contributed by atoms with Crippen LogP contribution in [0.5, 0.6) is 0 Å². The minimum absolute atomic E-state index is 0.653. The second kappa shape index (κ2) is 12.8. The summed E-state index contributed by atoms with van der Waals surface area (Å²) in [7, 11) is 0. The molecule has 0 N–H and O–H groups in total. The molecule has 52 heavy (non-hydrogen) atoms. The summed E-state index contributed by atoms with van der Waals surface area (Å²) in [5, 5.41) is 13.9. The van der Waals surface area contributed by atoms with Gasteiger partial charge in [0.15, 0.2) is 5.69 Å². The molecule has 2 aromatic heterocycles. The van der Waals surface area contributed by atoms with Crippen molar-refractivity contribution in [1.29, 1.82) is 5.26 Å². The van der Waals surface area contributed by atoms with Crippen LogP contribution >= 0.6 is 0 Å². The molecule has 4 heteroatoms. The lowest BCUT2D eigenvalue weighted by molar-refractivity contribution is 1.18. The number of nitrogens with zero attached hydrogens (tertiary/aromatic N) is 4. The minimum Gasteiger partial charge on any atom is -0.309 e. The Morgan fingerprint density at radius 1 is 0.442 bits per heavy atom. The molecule has 0 saturated carbocycles. The van der Waals surface area contributed by atoms with Crippen LogP contribution < -0.4 is 0 Å². The van der Waals surface area contributed by atoms with Crippen molar-refractivity contribution in [2.75, 3.05) is 0 Å². The number of hydrogen-bond acceptors (Lipinski definition) is 1. The summed E-state index contributed by atoms with van der Waals surface area (Å²) in [5.41, 5.74) is 12.5. The summed E-state index contributed by atoms with van der Waals surface area (Å²) in [6.45, 7) is 7.46. The van der Waals surface area contributed by atoms with Gasteiger partial charge in [0.25, 0.3) is 0 Å². The fraction of sp³-hybridized carbons (Fsp3) is 0. The van der Waals surface area contributed by atoms with E-state index in [0.717, 1.165) is 77.2 Å². The minimum atomic E-state index is 0.653. The first kappa shape index (κ1) is 30.6. The van der Waals surface area contributed by atoms with E-state index in [0.29, 0.717) is 11.3 Å². The third-order valence-corrected chi connectivity index (χ3v) is 9.76. The molecule has 7 aromatic carbocycles. The molecule has 0 aliphatic carbocycles. The van der Waals surface area contributed by atoms with Crippen molar-refractivity contribution < 1.29 is 0 Å². The maximum Gasteiger partial charge on any atom is 0.188 e. The maximum atomic E-state index is 9.45. The third-order valence-electron chi connectivity index (χ3n) is 9.76. The van der Waals surface area contributed by atoms with Crippen molar-refractivity contribution in [3.63, 3.8) is 0 Å².